The van der Waals surface area contributed by atoms with Gasteiger partial charge >= 0.3 is 0 Å². The van der Waals surface area contributed by atoms with Crippen molar-refractivity contribution in [1.82, 2.24) is 5.32 Å². The van der Waals surface area contributed by atoms with Crippen LogP contribution in [0, 0.1) is 11.3 Å². The predicted octanol–water partition coefficient (Wildman–Crippen LogP) is 5.77. The molecule has 0 heterocycles. The van der Waals surface area contributed by atoms with E-state index in [2.05, 4.69) is 54.7 Å². The van der Waals surface area contributed by atoms with Crippen LogP contribution in [-0.4, -0.2) is 5.91 Å². The molecule has 2 aromatic carbocycles. The average molecular weight is 335 g/mol. The van der Waals surface area contributed by atoms with E-state index in [1.807, 2.05) is 0 Å². The highest BCUT2D eigenvalue weighted by Gasteiger charge is 2.46. The lowest BCUT2D eigenvalue weighted by Gasteiger charge is -2.38. The zero-order valence-electron chi connectivity index (χ0n) is 15.3. The summed E-state index contributed by atoms with van der Waals surface area (Å²) in [5, 5.41) is 5.83. The summed E-state index contributed by atoms with van der Waals surface area (Å²) in [5.74, 6) is 0.524. The van der Waals surface area contributed by atoms with Crippen LogP contribution >= 0.6 is 0 Å². The molecule has 1 N–H and O–H groups in total. The summed E-state index contributed by atoms with van der Waals surface area (Å²) < 4.78 is 0. The molecule has 2 aliphatic rings. The Kier molecular flexibility index (Phi) is 4.54. The molecule has 2 atom stereocenters. The molecule has 1 amide bonds. The van der Waals surface area contributed by atoms with Crippen molar-refractivity contribution < 1.29 is 4.79 Å². The van der Waals surface area contributed by atoms with E-state index in [1.165, 1.54) is 61.3 Å². The standard InChI is InChI=1S/C23H29NO/c1-17(19-12-11-18-8-3-4-9-20(18)16-19)24-22(25)21-10-7-15-23(21)13-5-2-6-14-23/h3-4,8-9,11-12,16-17,21H,2,5-7,10,13-15H2,1H3,(H,24,25)/t17-,21?/m1/s1. The lowest BCUT2D eigenvalue weighted by atomic mass is 9.67. The second kappa shape index (κ2) is 6.82. The Morgan fingerprint density at radius 2 is 1.72 bits per heavy atom. The summed E-state index contributed by atoms with van der Waals surface area (Å²) in [5.41, 5.74) is 1.51. The second-order valence-electron chi connectivity index (χ2n) is 8.20. The predicted molar refractivity (Wildman–Crippen MR) is 103 cm³/mol. The van der Waals surface area contributed by atoms with Crippen LogP contribution in [-0.2, 0) is 4.79 Å². The Bertz CT molecular complexity index is 760. The first kappa shape index (κ1) is 16.6. The van der Waals surface area contributed by atoms with Gasteiger partial charge in [0.05, 0.1) is 6.04 Å². The molecule has 2 fully saturated rings. The molecule has 2 aliphatic carbocycles. The number of hydrogen-bond donors (Lipinski definition) is 1. The molecule has 132 valence electrons. The van der Waals surface area contributed by atoms with Crippen LogP contribution < -0.4 is 5.32 Å². The Hall–Kier alpha value is -1.83. The summed E-state index contributed by atoms with van der Waals surface area (Å²) in [4.78, 5) is 13.1. The fourth-order valence-electron chi connectivity index (χ4n) is 5.28. The molecule has 0 bridgehead atoms. The first-order chi connectivity index (χ1) is 12.2. The normalized spacial score (nSPS) is 23.6. The van der Waals surface area contributed by atoms with Gasteiger partial charge in [0.1, 0.15) is 0 Å². The van der Waals surface area contributed by atoms with Crippen LogP contribution in [0.3, 0.4) is 0 Å². The minimum absolute atomic E-state index is 0.0679. The lowest BCUT2D eigenvalue weighted by molar-refractivity contribution is -0.129. The van der Waals surface area contributed by atoms with Crippen molar-refractivity contribution in [3.63, 3.8) is 0 Å². The first-order valence-electron chi connectivity index (χ1n) is 9.97. The van der Waals surface area contributed by atoms with Crippen molar-refractivity contribution in [2.24, 2.45) is 11.3 Å². The van der Waals surface area contributed by atoms with Gasteiger partial charge in [-0.25, -0.2) is 0 Å². The van der Waals surface area contributed by atoms with Gasteiger partial charge in [-0.15, -0.1) is 0 Å². The molecule has 25 heavy (non-hydrogen) atoms. The third-order valence-corrected chi connectivity index (χ3v) is 6.70. The Balaban J connectivity index is 1.49. The first-order valence-corrected chi connectivity index (χ1v) is 9.97. The Labute approximate surface area is 151 Å². The van der Waals surface area contributed by atoms with Gasteiger partial charge in [0, 0.05) is 5.92 Å². The third kappa shape index (κ3) is 3.19. The molecule has 2 heteroatoms. The maximum absolute atomic E-state index is 13.1. The highest BCUT2D eigenvalue weighted by molar-refractivity contribution is 5.84. The molecule has 2 aromatic rings. The van der Waals surface area contributed by atoms with Crippen molar-refractivity contribution in [3.05, 3.63) is 48.0 Å². The van der Waals surface area contributed by atoms with Crippen molar-refractivity contribution in [1.29, 1.82) is 0 Å². The molecule has 0 aromatic heterocycles. The third-order valence-electron chi connectivity index (χ3n) is 6.70. The maximum Gasteiger partial charge on any atom is 0.224 e. The maximum atomic E-state index is 13.1. The minimum atomic E-state index is 0.0679. The Morgan fingerprint density at radius 3 is 2.52 bits per heavy atom. The van der Waals surface area contributed by atoms with Crippen molar-refractivity contribution in [3.8, 4) is 0 Å². The fourth-order valence-corrected chi connectivity index (χ4v) is 5.28. The van der Waals surface area contributed by atoms with Crippen molar-refractivity contribution in [2.75, 3.05) is 0 Å². The van der Waals surface area contributed by atoms with Gasteiger partial charge in [0.15, 0.2) is 0 Å². The van der Waals surface area contributed by atoms with E-state index in [1.54, 1.807) is 0 Å². The van der Waals surface area contributed by atoms with Gasteiger partial charge in [-0.3, -0.25) is 4.79 Å². The second-order valence-corrected chi connectivity index (χ2v) is 8.20. The minimum Gasteiger partial charge on any atom is -0.349 e. The smallest absolute Gasteiger partial charge is 0.224 e. The molecule has 0 saturated heterocycles. The number of carbonyl (C=O) groups is 1. The molecule has 4 rings (SSSR count). The highest BCUT2D eigenvalue weighted by Crippen LogP contribution is 2.53. The van der Waals surface area contributed by atoms with E-state index in [0.29, 0.717) is 11.3 Å². The zero-order valence-corrected chi connectivity index (χ0v) is 15.3. The van der Waals surface area contributed by atoms with E-state index in [4.69, 9.17) is 0 Å². The van der Waals surface area contributed by atoms with Gasteiger partial charge in [-0.1, -0.05) is 62.1 Å². The quantitative estimate of drug-likeness (QED) is 0.758. The van der Waals surface area contributed by atoms with Gasteiger partial charge in [0.25, 0.3) is 0 Å². The van der Waals surface area contributed by atoms with Gasteiger partial charge in [-0.05, 0) is 60.4 Å². The number of fused-ring (bicyclic) bond motifs is 1. The van der Waals surface area contributed by atoms with E-state index in [-0.39, 0.29) is 12.0 Å². The zero-order chi connectivity index (χ0) is 17.3. The van der Waals surface area contributed by atoms with Crippen LogP contribution in [0.25, 0.3) is 10.8 Å². The number of benzene rings is 2. The molecular formula is C23H29NO. The topological polar surface area (TPSA) is 29.1 Å². The molecular weight excluding hydrogens is 306 g/mol. The van der Waals surface area contributed by atoms with Crippen LogP contribution in [0.2, 0.25) is 0 Å². The van der Waals surface area contributed by atoms with Crippen molar-refractivity contribution >= 4 is 16.7 Å². The van der Waals surface area contributed by atoms with Crippen LogP contribution in [0.4, 0.5) is 0 Å². The molecule has 0 radical (unpaired) electrons. The van der Waals surface area contributed by atoms with Crippen LogP contribution in [0.5, 0.6) is 0 Å². The summed E-state index contributed by atoms with van der Waals surface area (Å²) in [6.07, 6.45) is 10.1. The van der Waals surface area contributed by atoms with E-state index < -0.39 is 0 Å². The molecule has 1 unspecified atom stereocenters. The number of nitrogens with one attached hydrogen (secondary N) is 1. The largest absolute Gasteiger partial charge is 0.349 e. The summed E-state index contributed by atoms with van der Waals surface area (Å²) in [6, 6.07) is 15.0. The van der Waals surface area contributed by atoms with Gasteiger partial charge in [0.2, 0.25) is 5.91 Å². The average Bonchev–Trinajstić information content (AvgIpc) is 3.04. The molecule has 2 nitrogen and oxygen atoms in total. The summed E-state index contributed by atoms with van der Waals surface area (Å²) in [6.45, 7) is 2.12. The molecule has 2 saturated carbocycles. The van der Waals surface area contributed by atoms with E-state index in [9.17, 15) is 4.79 Å². The monoisotopic (exact) mass is 335 g/mol. The lowest BCUT2D eigenvalue weighted by Crippen LogP contribution is -2.41. The molecule has 1 spiro atoms. The SMILES string of the molecule is C[C@@H](NC(=O)C1CCCC12CCCCC2)c1ccc2ccccc2c1. The van der Waals surface area contributed by atoms with Gasteiger partial charge in [-0.2, -0.15) is 0 Å². The summed E-state index contributed by atoms with van der Waals surface area (Å²) >= 11 is 0. The van der Waals surface area contributed by atoms with Crippen LogP contribution in [0.1, 0.15) is 69.9 Å². The van der Waals surface area contributed by atoms with E-state index >= 15 is 0 Å². The van der Waals surface area contributed by atoms with Crippen LogP contribution in [0.15, 0.2) is 42.5 Å². The number of rotatable bonds is 3. The number of carbonyl (C=O) groups excluding carboxylic acids is 1. The Morgan fingerprint density at radius 1 is 1.00 bits per heavy atom. The molecule has 0 aliphatic heterocycles. The van der Waals surface area contributed by atoms with E-state index in [0.717, 1.165) is 6.42 Å². The van der Waals surface area contributed by atoms with Gasteiger partial charge < -0.3 is 5.32 Å². The number of hydrogen-bond acceptors (Lipinski definition) is 1. The van der Waals surface area contributed by atoms with Crippen molar-refractivity contribution in [2.45, 2.75) is 64.3 Å². The highest BCUT2D eigenvalue weighted by atomic mass is 16.2. The fraction of sp³-hybridized carbons (Fsp3) is 0.522. The summed E-state index contributed by atoms with van der Waals surface area (Å²) in [7, 11) is 0. The number of amides is 1.